The predicted octanol–water partition coefficient (Wildman–Crippen LogP) is 2.33. The molecule has 5 heteroatoms. The molecule has 2 rings (SSSR count). The number of halogens is 1. The van der Waals surface area contributed by atoms with Crippen molar-refractivity contribution in [1.29, 1.82) is 5.26 Å². The van der Waals surface area contributed by atoms with Crippen LogP contribution >= 0.6 is 0 Å². The predicted molar refractivity (Wildman–Crippen MR) is 58.0 cm³/mol. The van der Waals surface area contributed by atoms with Crippen LogP contribution in [0.4, 0.5) is 4.39 Å². The van der Waals surface area contributed by atoms with Crippen molar-refractivity contribution < 1.29 is 9.13 Å². The van der Waals surface area contributed by atoms with Crippen LogP contribution in [0.3, 0.4) is 0 Å². The van der Waals surface area contributed by atoms with E-state index in [1.165, 1.54) is 6.07 Å². The second-order valence-electron chi connectivity index (χ2n) is 3.52. The molecule has 2 aromatic rings. The molecule has 0 fully saturated rings. The summed E-state index contributed by atoms with van der Waals surface area (Å²) in [5.74, 6) is 0.158. The van der Waals surface area contributed by atoms with Gasteiger partial charge in [0.05, 0.1) is 11.3 Å². The van der Waals surface area contributed by atoms with Gasteiger partial charge in [-0.1, -0.05) is 0 Å². The Bertz CT molecular complexity index is 598. The minimum atomic E-state index is -0.588. The largest absolute Gasteiger partial charge is 0.438 e. The van der Waals surface area contributed by atoms with E-state index in [0.29, 0.717) is 5.88 Å². The first-order chi connectivity index (χ1) is 8.10. The van der Waals surface area contributed by atoms with E-state index < -0.39 is 5.82 Å². The highest BCUT2D eigenvalue weighted by Crippen LogP contribution is 2.25. The molecule has 1 aromatic carbocycles. The third-order valence-corrected chi connectivity index (χ3v) is 2.17. The molecule has 0 N–H and O–H groups in total. The lowest BCUT2D eigenvalue weighted by atomic mass is 10.2. The lowest BCUT2D eigenvalue weighted by Gasteiger charge is -2.06. The Balaban J connectivity index is 2.37. The average Bonchev–Trinajstić information content (AvgIpc) is 2.60. The van der Waals surface area contributed by atoms with E-state index in [0.717, 1.165) is 11.8 Å². The Kier molecular flexibility index (Phi) is 2.79. The summed E-state index contributed by atoms with van der Waals surface area (Å²) < 4.78 is 19.9. The van der Waals surface area contributed by atoms with Gasteiger partial charge >= 0.3 is 0 Å². The summed E-state index contributed by atoms with van der Waals surface area (Å²) in [5.41, 5.74) is 0.923. The quantitative estimate of drug-likeness (QED) is 0.795. The van der Waals surface area contributed by atoms with Gasteiger partial charge in [0.25, 0.3) is 0 Å². The van der Waals surface area contributed by atoms with Crippen LogP contribution in [0.1, 0.15) is 11.3 Å². The Morgan fingerprint density at radius 2 is 2.29 bits per heavy atom. The fraction of sp³-hybridized carbons (Fsp3) is 0.167. The zero-order valence-corrected chi connectivity index (χ0v) is 9.36. The molecule has 0 aliphatic heterocycles. The maximum absolute atomic E-state index is 12.9. The van der Waals surface area contributed by atoms with Gasteiger partial charge in [-0.05, 0) is 19.1 Å². The van der Waals surface area contributed by atoms with Crippen molar-refractivity contribution in [3.05, 3.63) is 41.3 Å². The SMILES string of the molecule is Cc1cc(Oc2c[c]c(F)cc2C#N)n(C)n1. The third kappa shape index (κ3) is 2.26. The minimum absolute atomic E-state index is 0.125. The summed E-state index contributed by atoms with van der Waals surface area (Å²) in [6.07, 6.45) is 0. The van der Waals surface area contributed by atoms with E-state index in [-0.39, 0.29) is 11.3 Å². The highest BCUT2D eigenvalue weighted by Gasteiger charge is 2.09. The summed E-state index contributed by atoms with van der Waals surface area (Å²) in [4.78, 5) is 0. The number of nitrogens with zero attached hydrogens (tertiary/aromatic N) is 3. The van der Waals surface area contributed by atoms with E-state index >= 15 is 0 Å². The molecule has 4 nitrogen and oxygen atoms in total. The zero-order valence-electron chi connectivity index (χ0n) is 9.36. The fourth-order valence-electron chi connectivity index (χ4n) is 1.42. The number of aromatic nitrogens is 2. The molecule has 1 radical (unpaired) electrons. The molecule has 0 bridgehead atoms. The molecule has 0 spiro atoms. The molecule has 0 aliphatic rings. The highest BCUT2D eigenvalue weighted by molar-refractivity contribution is 5.44. The summed E-state index contributed by atoms with van der Waals surface area (Å²) >= 11 is 0. The molecule has 0 amide bonds. The van der Waals surface area contributed by atoms with Crippen molar-refractivity contribution in [3.63, 3.8) is 0 Å². The number of hydrogen-bond acceptors (Lipinski definition) is 3. The number of ether oxygens (including phenoxy) is 1. The lowest BCUT2D eigenvalue weighted by Crippen LogP contribution is -1.96. The van der Waals surface area contributed by atoms with Crippen molar-refractivity contribution in [2.45, 2.75) is 6.92 Å². The van der Waals surface area contributed by atoms with Crippen molar-refractivity contribution in [3.8, 4) is 17.7 Å². The van der Waals surface area contributed by atoms with Gasteiger partial charge < -0.3 is 4.74 Å². The van der Waals surface area contributed by atoms with E-state index in [1.54, 1.807) is 17.8 Å². The van der Waals surface area contributed by atoms with Gasteiger partial charge in [-0.2, -0.15) is 10.4 Å². The number of nitriles is 1. The molecule has 0 unspecified atom stereocenters. The second kappa shape index (κ2) is 4.26. The highest BCUT2D eigenvalue weighted by atomic mass is 19.1. The number of benzene rings is 1. The minimum Gasteiger partial charge on any atom is -0.438 e. The first-order valence-electron chi connectivity index (χ1n) is 4.90. The Hall–Kier alpha value is -2.35. The first kappa shape index (κ1) is 11.1. The Morgan fingerprint density at radius 3 is 2.88 bits per heavy atom. The molecule has 0 atom stereocenters. The van der Waals surface area contributed by atoms with Crippen LogP contribution in [0.25, 0.3) is 0 Å². The van der Waals surface area contributed by atoms with Crippen molar-refractivity contribution >= 4 is 0 Å². The fourth-order valence-corrected chi connectivity index (χ4v) is 1.42. The molecule has 1 aromatic heterocycles. The average molecular weight is 230 g/mol. The normalized spacial score (nSPS) is 10.0. The molecule has 0 aliphatic carbocycles. The molecule has 0 saturated heterocycles. The van der Waals surface area contributed by atoms with Crippen LogP contribution in [0.15, 0.2) is 18.2 Å². The van der Waals surface area contributed by atoms with Gasteiger partial charge in [-0.25, -0.2) is 9.07 Å². The van der Waals surface area contributed by atoms with Gasteiger partial charge in [0.2, 0.25) is 5.88 Å². The number of aryl methyl sites for hydroxylation is 2. The molecular formula is C12H9FN3O. The summed E-state index contributed by atoms with van der Waals surface area (Å²) in [6, 6.07) is 8.33. The van der Waals surface area contributed by atoms with Gasteiger partial charge in [-0.15, -0.1) is 0 Å². The van der Waals surface area contributed by atoms with Crippen LogP contribution in [-0.2, 0) is 7.05 Å². The third-order valence-electron chi connectivity index (χ3n) is 2.17. The Morgan fingerprint density at radius 1 is 1.53 bits per heavy atom. The number of rotatable bonds is 2. The van der Waals surface area contributed by atoms with Gasteiger partial charge in [0, 0.05) is 19.2 Å². The van der Waals surface area contributed by atoms with Crippen molar-refractivity contribution in [2.75, 3.05) is 0 Å². The summed E-state index contributed by atoms with van der Waals surface area (Å²) in [6.45, 7) is 1.83. The molecule has 85 valence electrons. The van der Waals surface area contributed by atoms with Crippen LogP contribution < -0.4 is 4.74 Å². The van der Waals surface area contributed by atoms with Crippen molar-refractivity contribution in [1.82, 2.24) is 9.78 Å². The number of hydrogen-bond donors (Lipinski definition) is 0. The standard InChI is InChI=1S/C12H9FN3O/c1-8-5-12(16(2)15-8)17-11-4-3-10(13)6-9(11)7-14/h4-6H,1-2H3. The van der Waals surface area contributed by atoms with Crippen LogP contribution in [-0.4, -0.2) is 9.78 Å². The topological polar surface area (TPSA) is 50.8 Å². The van der Waals surface area contributed by atoms with E-state index in [1.807, 2.05) is 13.0 Å². The summed E-state index contributed by atoms with van der Waals surface area (Å²) in [7, 11) is 1.72. The first-order valence-corrected chi connectivity index (χ1v) is 4.90. The Labute approximate surface area is 97.9 Å². The van der Waals surface area contributed by atoms with Gasteiger partial charge in [0.15, 0.2) is 0 Å². The maximum Gasteiger partial charge on any atom is 0.217 e. The monoisotopic (exact) mass is 230 g/mol. The lowest BCUT2D eigenvalue weighted by molar-refractivity contribution is 0.428. The summed E-state index contributed by atoms with van der Waals surface area (Å²) in [5, 5.41) is 13.0. The molecule has 0 saturated carbocycles. The second-order valence-corrected chi connectivity index (χ2v) is 3.52. The van der Waals surface area contributed by atoms with Gasteiger partial charge in [0.1, 0.15) is 17.6 Å². The smallest absolute Gasteiger partial charge is 0.217 e. The molecule has 17 heavy (non-hydrogen) atoms. The van der Waals surface area contributed by atoms with Crippen LogP contribution in [0.5, 0.6) is 11.6 Å². The van der Waals surface area contributed by atoms with Crippen LogP contribution in [0.2, 0.25) is 0 Å². The van der Waals surface area contributed by atoms with Crippen LogP contribution in [0, 0.1) is 30.1 Å². The van der Waals surface area contributed by atoms with E-state index in [9.17, 15) is 4.39 Å². The van der Waals surface area contributed by atoms with E-state index in [4.69, 9.17) is 10.00 Å². The molecular weight excluding hydrogens is 221 g/mol. The maximum atomic E-state index is 12.9. The van der Waals surface area contributed by atoms with Gasteiger partial charge in [-0.3, -0.25) is 0 Å². The van der Waals surface area contributed by atoms with E-state index in [2.05, 4.69) is 11.2 Å². The van der Waals surface area contributed by atoms with Crippen molar-refractivity contribution in [2.24, 2.45) is 7.05 Å². The molecule has 1 heterocycles. The zero-order chi connectivity index (χ0) is 12.4.